The molecule has 0 fully saturated rings. The van der Waals surface area contributed by atoms with Gasteiger partial charge in [-0.25, -0.2) is 4.52 Å². The van der Waals surface area contributed by atoms with Gasteiger partial charge < -0.3 is 5.32 Å². The van der Waals surface area contributed by atoms with E-state index in [1.165, 1.54) is 21.7 Å². The van der Waals surface area contributed by atoms with E-state index in [-0.39, 0.29) is 0 Å². The first kappa shape index (κ1) is 12.1. The van der Waals surface area contributed by atoms with Crippen molar-refractivity contribution in [3.63, 3.8) is 0 Å². The van der Waals surface area contributed by atoms with E-state index < -0.39 is 0 Å². The first-order chi connectivity index (χ1) is 9.72. The van der Waals surface area contributed by atoms with Gasteiger partial charge in [-0.05, 0) is 31.0 Å². The number of rotatable bonds is 1. The fourth-order valence-electron chi connectivity index (χ4n) is 2.62. The second-order valence-corrected chi connectivity index (χ2v) is 6.39. The van der Waals surface area contributed by atoms with Gasteiger partial charge in [0.05, 0.1) is 5.69 Å². The lowest BCUT2D eigenvalue weighted by Crippen LogP contribution is -2.23. The van der Waals surface area contributed by atoms with Crippen LogP contribution in [0.2, 0.25) is 0 Å². The van der Waals surface area contributed by atoms with Crippen molar-refractivity contribution in [2.45, 2.75) is 26.8 Å². The minimum atomic E-state index is 0.834. The summed E-state index contributed by atoms with van der Waals surface area (Å²) in [6.07, 6.45) is 1.03. The van der Waals surface area contributed by atoms with Crippen LogP contribution in [0.25, 0.3) is 16.3 Å². The van der Waals surface area contributed by atoms with E-state index in [9.17, 15) is 0 Å². The number of hydrogen-bond donors (Lipinski definition) is 1. The molecule has 20 heavy (non-hydrogen) atoms. The Morgan fingerprint density at radius 1 is 1.25 bits per heavy atom. The fourth-order valence-corrected chi connectivity index (χ4v) is 3.69. The summed E-state index contributed by atoms with van der Waals surface area (Å²) in [7, 11) is 0. The summed E-state index contributed by atoms with van der Waals surface area (Å²) >= 11 is 1.75. The van der Waals surface area contributed by atoms with Crippen molar-refractivity contribution in [2.75, 3.05) is 6.54 Å². The Labute approximate surface area is 121 Å². The van der Waals surface area contributed by atoms with Crippen molar-refractivity contribution in [2.24, 2.45) is 0 Å². The number of hydrogen-bond acceptors (Lipinski definition) is 4. The van der Waals surface area contributed by atoms with E-state index in [1.807, 2.05) is 4.52 Å². The van der Waals surface area contributed by atoms with Crippen molar-refractivity contribution in [3.8, 4) is 11.4 Å². The maximum absolute atomic E-state index is 4.72. The topological polar surface area (TPSA) is 42.2 Å². The first-order valence-electron chi connectivity index (χ1n) is 6.88. The van der Waals surface area contributed by atoms with E-state index in [0.29, 0.717) is 0 Å². The molecule has 1 aromatic carbocycles. The Balaban J connectivity index is 1.84. The SMILES string of the molecule is Cc1ccc(-c2nc3sc4c(n3n2)CCNC4)cc1C. The van der Waals surface area contributed by atoms with Gasteiger partial charge in [0.15, 0.2) is 5.82 Å². The van der Waals surface area contributed by atoms with Crippen LogP contribution in [0.4, 0.5) is 0 Å². The zero-order valence-corrected chi connectivity index (χ0v) is 12.4. The summed E-state index contributed by atoms with van der Waals surface area (Å²) in [4.78, 5) is 7.08. The summed E-state index contributed by atoms with van der Waals surface area (Å²) in [5.41, 5.74) is 5.02. The summed E-state index contributed by atoms with van der Waals surface area (Å²) in [5.74, 6) is 0.834. The van der Waals surface area contributed by atoms with Crippen LogP contribution in [0.3, 0.4) is 0 Å². The lowest BCUT2D eigenvalue weighted by molar-refractivity contribution is 0.629. The molecule has 0 unspecified atom stereocenters. The number of aromatic nitrogens is 3. The van der Waals surface area contributed by atoms with Gasteiger partial charge in [0.2, 0.25) is 4.96 Å². The van der Waals surface area contributed by atoms with Crippen LogP contribution >= 0.6 is 11.3 Å². The molecule has 0 bridgehead atoms. The Kier molecular flexibility index (Phi) is 2.65. The van der Waals surface area contributed by atoms with Crippen molar-refractivity contribution < 1.29 is 0 Å². The highest BCUT2D eigenvalue weighted by Gasteiger charge is 2.19. The molecule has 102 valence electrons. The molecule has 3 aromatic rings. The molecule has 3 heterocycles. The lowest BCUT2D eigenvalue weighted by atomic mass is 10.1. The predicted octanol–water partition coefficient (Wildman–Crippen LogP) is 2.72. The Bertz CT molecular complexity index is 800. The quantitative estimate of drug-likeness (QED) is 0.747. The van der Waals surface area contributed by atoms with Crippen molar-refractivity contribution in [1.82, 2.24) is 19.9 Å². The molecule has 4 nitrogen and oxygen atoms in total. The van der Waals surface area contributed by atoms with Crippen LogP contribution in [-0.2, 0) is 13.0 Å². The highest BCUT2D eigenvalue weighted by molar-refractivity contribution is 7.17. The average Bonchev–Trinajstić information content (AvgIpc) is 2.99. The third-order valence-corrected chi connectivity index (χ3v) is 5.03. The van der Waals surface area contributed by atoms with E-state index in [0.717, 1.165) is 35.9 Å². The average molecular weight is 284 g/mol. The largest absolute Gasteiger partial charge is 0.311 e. The van der Waals surface area contributed by atoms with Crippen LogP contribution in [0.15, 0.2) is 18.2 Å². The summed E-state index contributed by atoms with van der Waals surface area (Å²) in [5, 5.41) is 8.11. The normalized spacial score (nSPS) is 14.7. The van der Waals surface area contributed by atoms with Crippen molar-refractivity contribution in [1.29, 1.82) is 0 Å². The highest BCUT2D eigenvalue weighted by atomic mass is 32.1. The molecule has 2 aromatic heterocycles. The molecule has 1 aliphatic heterocycles. The minimum absolute atomic E-state index is 0.834. The van der Waals surface area contributed by atoms with E-state index >= 15 is 0 Å². The zero-order valence-electron chi connectivity index (χ0n) is 11.6. The smallest absolute Gasteiger partial charge is 0.213 e. The highest BCUT2D eigenvalue weighted by Crippen LogP contribution is 2.27. The predicted molar refractivity (Wildman–Crippen MR) is 81.2 cm³/mol. The van der Waals surface area contributed by atoms with E-state index in [2.05, 4.69) is 37.4 Å². The number of benzene rings is 1. The van der Waals surface area contributed by atoms with Gasteiger partial charge in [-0.2, -0.15) is 4.98 Å². The fraction of sp³-hybridized carbons (Fsp3) is 0.333. The Morgan fingerprint density at radius 3 is 3.00 bits per heavy atom. The molecular weight excluding hydrogens is 268 g/mol. The van der Waals surface area contributed by atoms with Gasteiger partial charge in [0.25, 0.3) is 0 Å². The van der Waals surface area contributed by atoms with E-state index in [4.69, 9.17) is 10.1 Å². The molecule has 4 rings (SSSR count). The summed E-state index contributed by atoms with van der Waals surface area (Å²) in [6, 6.07) is 6.41. The lowest BCUT2D eigenvalue weighted by Gasteiger charge is -2.11. The molecule has 1 aliphatic rings. The van der Waals surface area contributed by atoms with Gasteiger partial charge in [0, 0.05) is 30.0 Å². The second-order valence-electron chi connectivity index (χ2n) is 5.33. The molecule has 0 radical (unpaired) electrons. The minimum Gasteiger partial charge on any atom is -0.311 e. The number of nitrogens with zero attached hydrogens (tertiary/aromatic N) is 3. The van der Waals surface area contributed by atoms with Crippen LogP contribution in [-0.4, -0.2) is 21.1 Å². The number of nitrogens with one attached hydrogen (secondary N) is 1. The monoisotopic (exact) mass is 284 g/mol. The van der Waals surface area contributed by atoms with Gasteiger partial charge in [-0.1, -0.05) is 23.5 Å². The third kappa shape index (κ3) is 1.77. The van der Waals surface area contributed by atoms with Crippen LogP contribution in [0.1, 0.15) is 21.7 Å². The molecule has 0 saturated heterocycles. The maximum Gasteiger partial charge on any atom is 0.213 e. The number of thiazole rings is 1. The maximum atomic E-state index is 4.72. The van der Waals surface area contributed by atoms with Crippen molar-refractivity contribution in [3.05, 3.63) is 39.9 Å². The van der Waals surface area contributed by atoms with Crippen LogP contribution in [0, 0.1) is 13.8 Å². The van der Waals surface area contributed by atoms with Crippen LogP contribution < -0.4 is 5.32 Å². The third-order valence-electron chi connectivity index (χ3n) is 3.96. The molecular formula is C15H16N4S. The molecule has 1 N–H and O–H groups in total. The second kappa shape index (κ2) is 4.40. The molecule has 0 atom stereocenters. The zero-order chi connectivity index (χ0) is 13.7. The summed E-state index contributed by atoms with van der Waals surface area (Å²) < 4.78 is 2.03. The number of fused-ring (bicyclic) bond motifs is 3. The molecule has 0 aliphatic carbocycles. The van der Waals surface area contributed by atoms with E-state index in [1.54, 1.807) is 11.3 Å². The number of aryl methyl sites for hydroxylation is 2. The van der Waals surface area contributed by atoms with Gasteiger partial charge in [0.1, 0.15) is 0 Å². The van der Waals surface area contributed by atoms with Gasteiger partial charge in [-0.3, -0.25) is 0 Å². The summed E-state index contributed by atoms with van der Waals surface area (Å²) in [6.45, 7) is 6.23. The first-order valence-corrected chi connectivity index (χ1v) is 7.70. The molecule has 0 saturated carbocycles. The Hall–Kier alpha value is -1.72. The van der Waals surface area contributed by atoms with Gasteiger partial charge >= 0.3 is 0 Å². The standard InChI is InChI=1S/C15H16N4S/c1-9-3-4-11(7-10(9)2)14-17-15-19(18-14)12-5-6-16-8-13(12)20-15/h3-4,7,16H,5-6,8H2,1-2H3. The molecule has 0 amide bonds. The van der Waals surface area contributed by atoms with Crippen molar-refractivity contribution >= 4 is 16.3 Å². The van der Waals surface area contributed by atoms with Crippen LogP contribution in [0.5, 0.6) is 0 Å². The molecule has 0 spiro atoms. The van der Waals surface area contributed by atoms with Gasteiger partial charge in [-0.15, -0.1) is 5.10 Å². The molecule has 5 heteroatoms. The Morgan fingerprint density at radius 2 is 2.15 bits per heavy atom.